The Bertz CT molecular complexity index is 1290. The number of nitrogens with zero attached hydrogens (tertiary/aromatic N) is 3. The van der Waals surface area contributed by atoms with E-state index in [1.54, 1.807) is 26.0 Å². The van der Waals surface area contributed by atoms with Crippen LogP contribution in [-0.4, -0.2) is 21.0 Å². The van der Waals surface area contributed by atoms with Crippen molar-refractivity contribution in [3.8, 4) is 11.3 Å². The maximum absolute atomic E-state index is 13.2. The number of non-ortho nitro benzene ring substituents is 1. The molecule has 0 bridgehead atoms. The molecule has 0 unspecified atom stereocenters. The van der Waals surface area contributed by atoms with E-state index in [0.717, 1.165) is 11.1 Å². The topological polar surface area (TPSA) is 111 Å². The van der Waals surface area contributed by atoms with Crippen molar-refractivity contribution < 1.29 is 14.2 Å². The second-order valence-corrected chi connectivity index (χ2v) is 7.08. The summed E-state index contributed by atoms with van der Waals surface area (Å²) in [4.78, 5) is 28.3. The van der Waals surface area contributed by atoms with Crippen LogP contribution < -0.4 is 5.32 Å². The number of benzene rings is 2. The van der Waals surface area contributed by atoms with Gasteiger partial charge in [-0.2, -0.15) is 0 Å². The predicted octanol–water partition coefficient (Wildman–Crippen LogP) is 4.98. The van der Waals surface area contributed by atoms with E-state index in [4.69, 9.17) is 4.52 Å². The van der Waals surface area contributed by atoms with E-state index in [1.165, 1.54) is 12.1 Å². The third kappa shape index (κ3) is 3.50. The van der Waals surface area contributed by atoms with Gasteiger partial charge in [0.05, 0.1) is 32.9 Å². The molecule has 8 nitrogen and oxygen atoms in total. The summed E-state index contributed by atoms with van der Waals surface area (Å²) in [6, 6.07) is 13.8. The third-order valence-corrected chi connectivity index (χ3v) is 4.89. The van der Waals surface area contributed by atoms with Crippen molar-refractivity contribution >= 4 is 28.4 Å². The molecule has 0 fully saturated rings. The zero-order chi connectivity index (χ0) is 21.4. The number of rotatable bonds is 4. The third-order valence-electron chi connectivity index (χ3n) is 4.89. The molecule has 0 saturated heterocycles. The van der Waals surface area contributed by atoms with Gasteiger partial charge in [-0.3, -0.25) is 14.9 Å². The van der Waals surface area contributed by atoms with E-state index in [9.17, 15) is 14.9 Å². The van der Waals surface area contributed by atoms with Crippen LogP contribution in [0.25, 0.3) is 22.4 Å². The molecule has 1 N–H and O–H groups in total. The minimum atomic E-state index is -0.501. The van der Waals surface area contributed by atoms with Gasteiger partial charge in [-0.1, -0.05) is 41.1 Å². The molecule has 4 aromatic rings. The van der Waals surface area contributed by atoms with Crippen molar-refractivity contribution in [2.75, 3.05) is 5.32 Å². The second-order valence-electron chi connectivity index (χ2n) is 7.08. The average molecular weight is 402 g/mol. The summed E-state index contributed by atoms with van der Waals surface area (Å²) in [6.07, 6.45) is 0. The van der Waals surface area contributed by atoms with Gasteiger partial charge < -0.3 is 9.84 Å². The van der Waals surface area contributed by atoms with Crippen LogP contribution in [0.3, 0.4) is 0 Å². The Morgan fingerprint density at radius 1 is 1.07 bits per heavy atom. The molecule has 2 aromatic carbocycles. The fraction of sp³-hybridized carbons (Fsp3) is 0.136. The SMILES string of the molecule is Cc1ccc(-c2cc(C(=O)Nc3cc([N+](=O)[O-])ccc3C)c3c(C)noc3n2)cc1. The second kappa shape index (κ2) is 7.40. The molecule has 2 heterocycles. The first-order valence-corrected chi connectivity index (χ1v) is 9.24. The number of aromatic nitrogens is 2. The molecule has 0 aliphatic carbocycles. The van der Waals surface area contributed by atoms with Crippen molar-refractivity contribution in [3.63, 3.8) is 0 Å². The molecule has 2 aromatic heterocycles. The first-order valence-electron chi connectivity index (χ1n) is 9.24. The summed E-state index contributed by atoms with van der Waals surface area (Å²) in [7, 11) is 0. The largest absolute Gasteiger partial charge is 0.335 e. The van der Waals surface area contributed by atoms with Gasteiger partial charge in [-0.05, 0) is 32.4 Å². The molecule has 0 aliphatic heterocycles. The zero-order valence-corrected chi connectivity index (χ0v) is 16.6. The molecule has 4 rings (SSSR count). The van der Waals surface area contributed by atoms with Gasteiger partial charge in [-0.25, -0.2) is 4.98 Å². The summed E-state index contributed by atoms with van der Waals surface area (Å²) in [6.45, 7) is 5.48. The van der Waals surface area contributed by atoms with E-state index < -0.39 is 10.8 Å². The van der Waals surface area contributed by atoms with E-state index in [1.807, 2.05) is 31.2 Å². The lowest BCUT2D eigenvalue weighted by atomic mass is 10.0. The van der Waals surface area contributed by atoms with E-state index >= 15 is 0 Å². The number of nitro groups is 1. The standard InChI is InChI=1S/C22H18N4O4/c1-12-4-7-15(8-5-12)19-11-17(20-14(3)25-30-22(20)24-19)21(27)23-18-10-16(26(28)29)9-6-13(18)2/h4-11H,1-3H3,(H,23,27). The number of carbonyl (C=O) groups is 1. The summed E-state index contributed by atoms with van der Waals surface area (Å²) >= 11 is 0. The number of carbonyl (C=O) groups excluding carboxylic acids is 1. The van der Waals surface area contributed by atoms with Crippen molar-refractivity contribution in [1.29, 1.82) is 0 Å². The van der Waals surface area contributed by atoms with Crippen LogP contribution in [0.1, 0.15) is 27.2 Å². The number of hydrogen-bond donors (Lipinski definition) is 1. The minimum Gasteiger partial charge on any atom is -0.335 e. The van der Waals surface area contributed by atoms with Crippen molar-refractivity contribution in [1.82, 2.24) is 10.1 Å². The Labute approximate surface area is 171 Å². The molecule has 30 heavy (non-hydrogen) atoms. The maximum Gasteiger partial charge on any atom is 0.271 e. The number of hydrogen-bond acceptors (Lipinski definition) is 6. The van der Waals surface area contributed by atoms with Crippen LogP contribution in [-0.2, 0) is 0 Å². The molecule has 150 valence electrons. The summed E-state index contributed by atoms with van der Waals surface area (Å²) in [5, 5.41) is 18.3. The van der Waals surface area contributed by atoms with Gasteiger partial charge in [0.25, 0.3) is 17.3 Å². The van der Waals surface area contributed by atoms with Gasteiger partial charge in [0.15, 0.2) is 0 Å². The fourth-order valence-corrected chi connectivity index (χ4v) is 3.19. The number of pyridine rings is 1. The van der Waals surface area contributed by atoms with Gasteiger partial charge >= 0.3 is 0 Å². The summed E-state index contributed by atoms with van der Waals surface area (Å²) in [5.74, 6) is -0.425. The number of nitro benzene ring substituents is 1. The number of aryl methyl sites for hydroxylation is 3. The van der Waals surface area contributed by atoms with Crippen molar-refractivity contribution in [2.24, 2.45) is 0 Å². The quantitative estimate of drug-likeness (QED) is 0.381. The van der Waals surface area contributed by atoms with Crippen LogP contribution in [0.15, 0.2) is 53.1 Å². The van der Waals surface area contributed by atoms with Crippen molar-refractivity contribution in [2.45, 2.75) is 20.8 Å². The van der Waals surface area contributed by atoms with Crippen LogP contribution in [0.2, 0.25) is 0 Å². The number of amides is 1. The Morgan fingerprint density at radius 3 is 2.50 bits per heavy atom. The monoisotopic (exact) mass is 402 g/mol. The van der Waals surface area contributed by atoms with E-state index in [0.29, 0.717) is 33.6 Å². The van der Waals surface area contributed by atoms with Crippen LogP contribution >= 0.6 is 0 Å². The molecule has 0 spiro atoms. The number of fused-ring (bicyclic) bond motifs is 1. The average Bonchev–Trinajstić information content (AvgIpc) is 3.10. The smallest absolute Gasteiger partial charge is 0.271 e. The van der Waals surface area contributed by atoms with Gasteiger partial charge in [0.1, 0.15) is 0 Å². The Balaban J connectivity index is 1.80. The zero-order valence-electron chi connectivity index (χ0n) is 16.6. The van der Waals surface area contributed by atoms with Gasteiger partial charge in [-0.15, -0.1) is 0 Å². The van der Waals surface area contributed by atoms with E-state index in [2.05, 4.69) is 15.5 Å². The molecular weight excluding hydrogens is 384 g/mol. The molecule has 8 heteroatoms. The highest BCUT2D eigenvalue weighted by Crippen LogP contribution is 2.29. The van der Waals surface area contributed by atoms with Crippen molar-refractivity contribution in [3.05, 3.63) is 81.0 Å². The molecule has 0 aliphatic rings. The van der Waals surface area contributed by atoms with Gasteiger partial charge in [0.2, 0.25) is 0 Å². The van der Waals surface area contributed by atoms with Crippen LogP contribution in [0.5, 0.6) is 0 Å². The summed E-state index contributed by atoms with van der Waals surface area (Å²) < 4.78 is 5.32. The Kier molecular flexibility index (Phi) is 4.75. The van der Waals surface area contributed by atoms with Crippen LogP contribution in [0, 0.1) is 30.9 Å². The first kappa shape index (κ1) is 19.3. The van der Waals surface area contributed by atoms with Crippen LogP contribution in [0.4, 0.5) is 11.4 Å². The van der Waals surface area contributed by atoms with Gasteiger partial charge in [0, 0.05) is 17.7 Å². The minimum absolute atomic E-state index is 0.0997. The summed E-state index contributed by atoms with van der Waals surface area (Å²) in [5.41, 5.74) is 4.61. The highest BCUT2D eigenvalue weighted by Gasteiger charge is 2.20. The lowest BCUT2D eigenvalue weighted by Gasteiger charge is -2.10. The number of anilines is 1. The lowest BCUT2D eigenvalue weighted by Crippen LogP contribution is -2.14. The highest BCUT2D eigenvalue weighted by molar-refractivity contribution is 6.13. The molecular formula is C22H18N4O4. The molecule has 0 saturated carbocycles. The van der Waals surface area contributed by atoms with E-state index in [-0.39, 0.29) is 11.4 Å². The first-order chi connectivity index (χ1) is 14.3. The predicted molar refractivity (Wildman–Crippen MR) is 113 cm³/mol. The normalized spacial score (nSPS) is 10.9. The Hall–Kier alpha value is -4.07. The molecule has 0 radical (unpaired) electrons. The highest BCUT2D eigenvalue weighted by atomic mass is 16.6. The Morgan fingerprint density at radius 2 is 1.80 bits per heavy atom. The fourth-order valence-electron chi connectivity index (χ4n) is 3.19. The number of nitrogens with one attached hydrogen (secondary N) is 1. The lowest BCUT2D eigenvalue weighted by molar-refractivity contribution is -0.384. The molecule has 0 atom stereocenters. The maximum atomic E-state index is 13.2. The molecule has 1 amide bonds.